The highest BCUT2D eigenvalue weighted by Gasteiger charge is 2.20. The molecule has 0 radical (unpaired) electrons. The first kappa shape index (κ1) is 22.6. The molecule has 3 aromatic rings. The van der Waals surface area contributed by atoms with E-state index in [4.69, 9.17) is 15.9 Å². The van der Waals surface area contributed by atoms with Crippen LogP contribution in [0.15, 0.2) is 46.3 Å². The summed E-state index contributed by atoms with van der Waals surface area (Å²) in [5.74, 6) is 3.26. The zero-order valence-corrected chi connectivity index (χ0v) is 19.2. The minimum atomic E-state index is -3.42. The van der Waals surface area contributed by atoms with Gasteiger partial charge in [-0.1, -0.05) is 17.3 Å². The van der Waals surface area contributed by atoms with Crippen LogP contribution in [0, 0.1) is 12.3 Å². The Morgan fingerprint density at radius 3 is 2.29 bits per heavy atom. The van der Waals surface area contributed by atoms with Crippen molar-refractivity contribution in [3.8, 4) is 23.8 Å². The van der Waals surface area contributed by atoms with E-state index < -0.39 is 21.0 Å². The van der Waals surface area contributed by atoms with Gasteiger partial charge in [0, 0.05) is 5.56 Å². The number of terminal acetylenes is 1. The number of fused-ring (bicyclic) bond motifs is 1. The fourth-order valence-corrected chi connectivity index (χ4v) is 5.18. The molecule has 0 atom stereocenters. The number of hydrogen-bond donors (Lipinski definition) is 0. The number of aromatic nitrogens is 1. The van der Waals surface area contributed by atoms with Gasteiger partial charge in [-0.05, 0) is 50.2 Å². The Hall–Kier alpha value is -3.09. The van der Waals surface area contributed by atoms with Crippen LogP contribution < -0.4 is 14.3 Å². The number of benzene rings is 2. The first-order valence-electron chi connectivity index (χ1n) is 9.35. The molecule has 0 bridgehead atoms. The number of sulfone groups is 1. The molecule has 0 fully saturated rings. The lowest BCUT2D eigenvalue weighted by molar-refractivity contribution is 0.0998. The monoisotopic (exact) mass is 458 g/mol. The van der Waals surface area contributed by atoms with E-state index >= 15 is 0 Å². The van der Waals surface area contributed by atoms with Crippen LogP contribution in [0.5, 0.6) is 11.5 Å². The summed E-state index contributed by atoms with van der Waals surface area (Å²) in [7, 11) is -0.313. The van der Waals surface area contributed by atoms with E-state index in [1.807, 2.05) is 0 Å². The van der Waals surface area contributed by atoms with Gasteiger partial charge in [0.2, 0.25) is 0 Å². The topological polar surface area (TPSA) is 87.0 Å². The van der Waals surface area contributed by atoms with Gasteiger partial charge in [0.05, 0.1) is 30.9 Å². The van der Waals surface area contributed by atoms with Gasteiger partial charge in [0.25, 0.3) is 5.91 Å². The quantitative estimate of drug-likeness (QED) is 0.529. The van der Waals surface area contributed by atoms with Gasteiger partial charge in [0.1, 0.15) is 21.7 Å². The molecule has 0 aliphatic rings. The van der Waals surface area contributed by atoms with Crippen molar-refractivity contribution < 1.29 is 22.7 Å². The van der Waals surface area contributed by atoms with Crippen molar-refractivity contribution in [3.63, 3.8) is 0 Å². The molecule has 0 unspecified atom stereocenters. The summed E-state index contributed by atoms with van der Waals surface area (Å²) in [5, 5.41) is -0.551. The van der Waals surface area contributed by atoms with Crippen LogP contribution in [-0.2, 0) is 16.4 Å². The van der Waals surface area contributed by atoms with E-state index in [0.717, 1.165) is 4.70 Å². The summed E-state index contributed by atoms with van der Waals surface area (Å²) in [6.07, 6.45) is 5.54. The maximum atomic E-state index is 12.8. The van der Waals surface area contributed by atoms with Crippen LogP contribution in [0.3, 0.4) is 0 Å². The number of methoxy groups -OCH3 is 2. The standard InChI is InChI=1S/C22H22N2O5S2/c1-6-13-24-19-17(28-4)11-12-18(29-5)20(19)30-22(24)23-21(25)15-7-9-16(10-8-15)31(26,27)14(2)3/h1,7-12,14H,13H2,2-5H3. The summed E-state index contributed by atoms with van der Waals surface area (Å²) in [6.45, 7) is 3.40. The summed E-state index contributed by atoms with van der Waals surface area (Å²) < 4.78 is 37.9. The van der Waals surface area contributed by atoms with Gasteiger partial charge in [0.15, 0.2) is 14.6 Å². The molecule has 1 heterocycles. The number of carbonyl (C=O) groups is 1. The summed E-state index contributed by atoms with van der Waals surface area (Å²) in [4.78, 5) is 17.6. The number of hydrogen-bond acceptors (Lipinski definition) is 6. The van der Waals surface area contributed by atoms with Gasteiger partial charge in [-0.3, -0.25) is 4.79 Å². The zero-order valence-electron chi connectivity index (χ0n) is 17.6. The van der Waals surface area contributed by atoms with Gasteiger partial charge < -0.3 is 14.0 Å². The average Bonchev–Trinajstić information content (AvgIpc) is 3.11. The van der Waals surface area contributed by atoms with E-state index in [-0.39, 0.29) is 17.0 Å². The Bertz CT molecular complexity index is 1340. The van der Waals surface area contributed by atoms with Crippen molar-refractivity contribution in [2.45, 2.75) is 30.5 Å². The van der Waals surface area contributed by atoms with E-state index in [1.54, 1.807) is 44.8 Å². The van der Waals surface area contributed by atoms with E-state index in [1.165, 1.54) is 35.6 Å². The molecule has 1 aromatic heterocycles. The lowest BCUT2D eigenvalue weighted by Crippen LogP contribution is -2.17. The molecule has 9 heteroatoms. The Labute approximate surface area is 184 Å². The minimum Gasteiger partial charge on any atom is -0.495 e. The lowest BCUT2D eigenvalue weighted by Gasteiger charge is -2.08. The van der Waals surface area contributed by atoms with Gasteiger partial charge in [-0.15, -0.1) is 6.42 Å². The average molecular weight is 459 g/mol. The maximum absolute atomic E-state index is 12.8. The minimum absolute atomic E-state index is 0.165. The predicted molar refractivity (Wildman–Crippen MR) is 120 cm³/mol. The van der Waals surface area contributed by atoms with Crippen molar-refractivity contribution >= 4 is 37.3 Å². The number of thiazole rings is 1. The largest absolute Gasteiger partial charge is 0.495 e. The van der Waals surface area contributed by atoms with Crippen LogP contribution >= 0.6 is 11.3 Å². The fraction of sp³-hybridized carbons (Fsp3) is 0.273. The van der Waals surface area contributed by atoms with Gasteiger partial charge in [-0.2, -0.15) is 4.99 Å². The number of ether oxygens (including phenoxy) is 2. The molecular weight excluding hydrogens is 436 g/mol. The molecule has 162 valence electrons. The normalized spacial score (nSPS) is 12.2. The number of carbonyl (C=O) groups excluding carboxylic acids is 1. The van der Waals surface area contributed by atoms with Gasteiger partial charge in [-0.25, -0.2) is 8.42 Å². The van der Waals surface area contributed by atoms with E-state index in [2.05, 4.69) is 10.9 Å². The Morgan fingerprint density at radius 2 is 1.74 bits per heavy atom. The third-order valence-electron chi connectivity index (χ3n) is 4.69. The highest BCUT2D eigenvalue weighted by Crippen LogP contribution is 2.35. The van der Waals surface area contributed by atoms with Crippen molar-refractivity contribution in [1.29, 1.82) is 0 Å². The van der Waals surface area contributed by atoms with Crippen molar-refractivity contribution in [3.05, 3.63) is 46.8 Å². The first-order chi connectivity index (χ1) is 14.7. The number of amides is 1. The highest BCUT2D eigenvalue weighted by molar-refractivity contribution is 7.92. The van der Waals surface area contributed by atoms with Gasteiger partial charge >= 0.3 is 0 Å². The summed E-state index contributed by atoms with van der Waals surface area (Å²) >= 11 is 1.26. The molecule has 2 aromatic carbocycles. The second kappa shape index (κ2) is 8.96. The Morgan fingerprint density at radius 1 is 1.13 bits per heavy atom. The fourth-order valence-electron chi connectivity index (χ4n) is 2.99. The second-order valence-electron chi connectivity index (χ2n) is 6.86. The van der Waals surface area contributed by atoms with E-state index in [0.29, 0.717) is 21.8 Å². The van der Waals surface area contributed by atoms with Crippen LogP contribution in [0.1, 0.15) is 24.2 Å². The molecule has 0 aliphatic heterocycles. The molecule has 0 saturated heterocycles. The molecule has 0 aliphatic carbocycles. The number of rotatable bonds is 6. The van der Waals surface area contributed by atoms with Crippen molar-refractivity contribution in [2.24, 2.45) is 4.99 Å². The third-order valence-corrected chi connectivity index (χ3v) is 7.95. The van der Waals surface area contributed by atoms with Crippen molar-refractivity contribution in [2.75, 3.05) is 14.2 Å². The van der Waals surface area contributed by atoms with Crippen molar-refractivity contribution in [1.82, 2.24) is 4.57 Å². The van der Waals surface area contributed by atoms with Crippen LogP contribution in [0.4, 0.5) is 0 Å². The summed E-state index contributed by atoms with van der Waals surface area (Å²) in [6, 6.07) is 9.30. The molecule has 0 saturated carbocycles. The molecule has 31 heavy (non-hydrogen) atoms. The second-order valence-corrected chi connectivity index (χ2v) is 10.3. The Kier molecular flexibility index (Phi) is 6.53. The predicted octanol–water partition coefficient (Wildman–Crippen LogP) is 3.28. The maximum Gasteiger partial charge on any atom is 0.279 e. The summed E-state index contributed by atoms with van der Waals surface area (Å²) in [5.41, 5.74) is 0.959. The number of nitrogens with zero attached hydrogens (tertiary/aromatic N) is 2. The smallest absolute Gasteiger partial charge is 0.279 e. The molecule has 0 N–H and O–H groups in total. The van der Waals surface area contributed by atoms with Crippen LogP contribution in [0.2, 0.25) is 0 Å². The molecule has 3 rings (SSSR count). The molecule has 7 nitrogen and oxygen atoms in total. The molecule has 1 amide bonds. The van der Waals surface area contributed by atoms with E-state index in [9.17, 15) is 13.2 Å². The molecular formula is C22H22N2O5S2. The SMILES string of the molecule is C#CCn1c(=NC(=O)c2ccc(S(=O)(=O)C(C)C)cc2)sc2c(OC)ccc(OC)c21. The molecule has 0 spiro atoms. The van der Waals surface area contributed by atoms with Crippen LogP contribution in [0.25, 0.3) is 10.2 Å². The Balaban J connectivity index is 2.13. The highest BCUT2D eigenvalue weighted by atomic mass is 32.2. The third kappa shape index (κ3) is 4.22. The lowest BCUT2D eigenvalue weighted by atomic mass is 10.2. The zero-order chi connectivity index (χ0) is 22.8. The first-order valence-corrected chi connectivity index (χ1v) is 11.7. The van der Waals surface area contributed by atoms with Crippen LogP contribution in [-0.4, -0.2) is 38.4 Å².